The number of benzene rings is 2. The van der Waals surface area contributed by atoms with E-state index >= 15 is 0 Å². The molecule has 2 unspecified atom stereocenters. The van der Waals surface area contributed by atoms with Crippen molar-refractivity contribution < 1.29 is 18.9 Å². The van der Waals surface area contributed by atoms with Crippen LogP contribution in [0, 0.1) is 0 Å². The van der Waals surface area contributed by atoms with Gasteiger partial charge in [-0.25, -0.2) is 0 Å². The first kappa shape index (κ1) is 29.0. The van der Waals surface area contributed by atoms with Crippen LogP contribution in [0.2, 0.25) is 0 Å². The van der Waals surface area contributed by atoms with Crippen molar-refractivity contribution in [2.45, 2.75) is 117 Å². The Morgan fingerprint density at radius 1 is 0.632 bits per heavy atom. The van der Waals surface area contributed by atoms with Gasteiger partial charge in [-0.3, -0.25) is 0 Å². The monoisotopic (exact) mass is 522 g/mol. The molecule has 2 aromatic rings. The van der Waals surface area contributed by atoms with Gasteiger partial charge in [-0.2, -0.15) is 0 Å². The van der Waals surface area contributed by atoms with Crippen LogP contribution in [0.1, 0.15) is 101 Å². The minimum atomic E-state index is 0.191. The summed E-state index contributed by atoms with van der Waals surface area (Å²) in [6.07, 6.45) is 14.1. The van der Waals surface area contributed by atoms with E-state index in [9.17, 15) is 0 Å². The summed E-state index contributed by atoms with van der Waals surface area (Å²) in [5, 5.41) is 0. The van der Waals surface area contributed by atoms with Crippen LogP contribution < -0.4 is 9.47 Å². The molecular formula is C34H50O4. The number of unbranched alkanes of at least 4 members (excludes halogenated alkanes) is 4. The smallest absolute Gasteiger partial charge is 0.169 e. The summed E-state index contributed by atoms with van der Waals surface area (Å²) in [5.74, 6) is 1.92. The van der Waals surface area contributed by atoms with Gasteiger partial charge in [0.15, 0.2) is 11.5 Å². The number of rotatable bonds is 19. The van der Waals surface area contributed by atoms with Gasteiger partial charge in [-0.1, -0.05) is 77.6 Å². The second-order valence-electron chi connectivity index (χ2n) is 11.1. The molecule has 4 heteroatoms. The summed E-state index contributed by atoms with van der Waals surface area (Å²) in [6.45, 7) is 11.9. The SMILES string of the molecule is CCCCc1ccccc1-c1c(CCCC)c(CCCC)c(CCCC)c(OCC2CO2)c1OCC1CO1. The van der Waals surface area contributed by atoms with Crippen molar-refractivity contribution in [2.24, 2.45) is 0 Å². The van der Waals surface area contributed by atoms with E-state index in [0.29, 0.717) is 13.2 Å². The Balaban J connectivity index is 1.96. The Morgan fingerprint density at radius 2 is 1.13 bits per heavy atom. The predicted octanol–water partition coefficient (Wildman–Crippen LogP) is 8.28. The molecule has 0 saturated carbocycles. The molecule has 2 heterocycles. The highest BCUT2D eigenvalue weighted by molar-refractivity contribution is 5.82. The highest BCUT2D eigenvalue weighted by Crippen LogP contribution is 2.49. The zero-order chi connectivity index (χ0) is 26.7. The van der Waals surface area contributed by atoms with Crippen LogP contribution in [0.5, 0.6) is 11.5 Å². The van der Waals surface area contributed by atoms with E-state index < -0.39 is 0 Å². The summed E-state index contributed by atoms with van der Waals surface area (Å²) < 4.78 is 24.6. The maximum atomic E-state index is 6.77. The largest absolute Gasteiger partial charge is 0.487 e. The number of hydrogen-bond acceptors (Lipinski definition) is 4. The number of aryl methyl sites for hydroxylation is 1. The fourth-order valence-corrected chi connectivity index (χ4v) is 5.37. The molecule has 0 N–H and O–H groups in total. The second kappa shape index (κ2) is 14.9. The van der Waals surface area contributed by atoms with Gasteiger partial charge in [-0.05, 0) is 73.6 Å². The van der Waals surface area contributed by atoms with E-state index in [1.807, 2.05) is 0 Å². The lowest BCUT2D eigenvalue weighted by Gasteiger charge is -2.28. The summed E-state index contributed by atoms with van der Waals surface area (Å²) in [5.41, 5.74) is 8.43. The van der Waals surface area contributed by atoms with Crippen LogP contribution in [0.3, 0.4) is 0 Å². The number of ether oxygens (including phenoxy) is 4. The summed E-state index contributed by atoms with van der Waals surface area (Å²) in [7, 11) is 0. The van der Waals surface area contributed by atoms with Crippen LogP contribution in [0.25, 0.3) is 11.1 Å². The summed E-state index contributed by atoms with van der Waals surface area (Å²) in [4.78, 5) is 0. The Kier molecular flexibility index (Phi) is 11.4. The lowest BCUT2D eigenvalue weighted by molar-refractivity contribution is 0.227. The zero-order valence-corrected chi connectivity index (χ0v) is 24.4. The van der Waals surface area contributed by atoms with Gasteiger partial charge in [0, 0.05) is 11.1 Å². The van der Waals surface area contributed by atoms with Crippen molar-refractivity contribution in [3.63, 3.8) is 0 Å². The van der Waals surface area contributed by atoms with Gasteiger partial charge in [-0.15, -0.1) is 0 Å². The van der Waals surface area contributed by atoms with Crippen molar-refractivity contribution in [2.75, 3.05) is 26.4 Å². The molecule has 4 nitrogen and oxygen atoms in total. The van der Waals surface area contributed by atoms with Crippen molar-refractivity contribution in [1.82, 2.24) is 0 Å². The highest BCUT2D eigenvalue weighted by Gasteiger charge is 2.32. The summed E-state index contributed by atoms with van der Waals surface area (Å²) >= 11 is 0. The minimum Gasteiger partial charge on any atom is -0.487 e. The average Bonchev–Trinajstić information content (AvgIpc) is 3.86. The molecule has 2 fully saturated rings. The molecule has 0 aromatic heterocycles. The molecule has 2 aromatic carbocycles. The Hall–Kier alpha value is -2.04. The van der Waals surface area contributed by atoms with Crippen LogP contribution in [-0.4, -0.2) is 38.6 Å². The Morgan fingerprint density at radius 3 is 1.71 bits per heavy atom. The molecule has 0 spiro atoms. The standard InChI is InChI=1S/C34H50O4/c1-5-9-15-25-16-13-14-20-28(25)32-30(18-11-7-3)29(17-10-6-2)31(19-12-8-4)33(37-23-26-21-35-26)34(32)38-24-27-22-36-27/h13-14,16,20,26-27H,5-12,15,17-19,21-24H2,1-4H3. The lowest BCUT2D eigenvalue weighted by atomic mass is 9.82. The molecule has 2 aliphatic heterocycles. The van der Waals surface area contributed by atoms with Crippen LogP contribution in [0.15, 0.2) is 24.3 Å². The van der Waals surface area contributed by atoms with Gasteiger partial charge < -0.3 is 18.9 Å². The number of epoxide rings is 2. The average molecular weight is 523 g/mol. The number of hydrogen-bond donors (Lipinski definition) is 0. The molecule has 210 valence electrons. The quantitative estimate of drug-likeness (QED) is 0.174. The maximum absolute atomic E-state index is 6.77. The maximum Gasteiger partial charge on any atom is 0.169 e. The van der Waals surface area contributed by atoms with Crippen LogP contribution in [-0.2, 0) is 35.2 Å². The molecule has 0 radical (unpaired) electrons. The fourth-order valence-electron chi connectivity index (χ4n) is 5.37. The molecule has 0 amide bonds. The normalized spacial score (nSPS) is 18.0. The third-order valence-corrected chi connectivity index (χ3v) is 7.80. The third-order valence-electron chi connectivity index (χ3n) is 7.80. The minimum absolute atomic E-state index is 0.191. The second-order valence-corrected chi connectivity index (χ2v) is 11.1. The Bertz CT molecular complexity index is 1010. The van der Waals surface area contributed by atoms with E-state index in [4.69, 9.17) is 18.9 Å². The van der Waals surface area contributed by atoms with Crippen LogP contribution in [0.4, 0.5) is 0 Å². The van der Waals surface area contributed by atoms with Crippen molar-refractivity contribution in [3.05, 3.63) is 46.5 Å². The molecule has 2 saturated heterocycles. The molecule has 2 atom stereocenters. The lowest BCUT2D eigenvalue weighted by Crippen LogP contribution is -2.15. The van der Waals surface area contributed by atoms with Gasteiger partial charge >= 0.3 is 0 Å². The topological polar surface area (TPSA) is 43.5 Å². The van der Waals surface area contributed by atoms with E-state index in [2.05, 4.69) is 52.0 Å². The van der Waals surface area contributed by atoms with Crippen molar-refractivity contribution >= 4 is 0 Å². The third kappa shape index (κ3) is 7.76. The van der Waals surface area contributed by atoms with Gasteiger partial charge in [0.1, 0.15) is 25.4 Å². The molecular weight excluding hydrogens is 472 g/mol. The first-order valence-electron chi connectivity index (χ1n) is 15.5. The first-order valence-corrected chi connectivity index (χ1v) is 15.5. The fraction of sp³-hybridized carbons (Fsp3) is 0.647. The first-order chi connectivity index (χ1) is 18.7. The molecule has 0 aliphatic carbocycles. The van der Waals surface area contributed by atoms with Crippen molar-refractivity contribution in [3.8, 4) is 22.6 Å². The van der Waals surface area contributed by atoms with Crippen molar-refractivity contribution in [1.29, 1.82) is 0 Å². The van der Waals surface area contributed by atoms with E-state index in [-0.39, 0.29) is 12.2 Å². The van der Waals surface area contributed by atoms with Gasteiger partial charge in [0.25, 0.3) is 0 Å². The molecule has 4 rings (SSSR count). The molecule has 2 aliphatic rings. The summed E-state index contributed by atoms with van der Waals surface area (Å²) in [6, 6.07) is 9.02. The van der Waals surface area contributed by atoms with E-state index in [1.54, 1.807) is 0 Å². The van der Waals surface area contributed by atoms with E-state index in [0.717, 1.165) is 63.2 Å². The zero-order valence-electron chi connectivity index (χ0n) is 24.4. The molecule has 0 bridgehead atoms. The highest BCUT2D eigenvalue weighted by atomic mass is 16.6. The molecule has 38 heavy (non-hydrogen) atoms. The predicted molar refractivity (Wildman–Crippen MR) is 157 cm³/mol. The van der Waals surface area contributed by atoms with Crippen LogP contribution >= 0.6 is 0 Å². The Labute approximate surface area is 231 Å². The van der Waals surface area contributed by atoms with Gasteiger partial charge in [0.2, 0.25) is 0 Å². The van der Waals surface area contributed by atoms with E-state index in [1.165, 1.54) is 71.9 Å². The van der Waals surface area contributed by atoms with Gasteiger partial charge in [0.05, 0.1) is 13.2 Å².